The van der Waals surface area contributed by atoms with Gasteiger partial charge in [0.1, 0.15) is 11.4 Å². The van der Waals surface area contributed by atoms with E-state index in [1.54, 1.807) is 6.92 Å². The Morgan fingerprint density at radius 3 is 2.88 bits per heavy atom. The van der Waals surface area contributed by atoms with E-state index in [0.717, 1.165) is 6.07 Å². The minimum atomic E-state index is -0.791. The molecular weight excluding hydrogens is 215 g/mol. The number of nitrogens with one attached hydrogen (secondary N) is 2. The summed E-state index contributed by atoms with van der Waals surface area (Å²) < 4.78 is 18.2. The number of benzene rings is 1. The number of carbonyl (C=O) groups excluding carboxylic acids is 1. The Labute approximate surface area is 89.2 Å². The molecule has 0 aliphatic carbocycles. The molecule has 0 spiro atoms. The van der Waals surface area contributed by atoms with Gasteiger partial charge in [-0.1, -0.05) is 0 Å². The Kier molecular flexibility index (Phi) is 2.47. The van der Waals surface area contributed by atoms with Crippen molar-refractivity contribution in [2.24, 2.45) is 0 Å². The van der Waals surface area contributed by atoms with Crippen molar-refractivity contribution < 1.29 is 13.9 Å². The molecule has 2 aromatic rings. The molecule has 0 radical (unpaired) electrons. The predicted molar refractivity (Wildman–Crippen MR) is 54.8 cm³/mol. The molecule has 0 unspecified atom stereocenters. The number of hydrogen-bond donors (Lipinski definition) is 2. The molecule has 6 heteroatoms. The zero-order chi connectivity index (χ0) is 11.7. The van der Waals surface area contributed by atoms with Crippen molar-refractivity contribution in [3.63, 3.8) is 0 Å². The summed E-state index contributed by atoms with van der Waals surface area (Å²) in [4.78, 5) is 27.3. The molecule has 5 nitrogen and oxygen atoms in total. The van der Waals surface area contributed by atoms with E-state index in [1.165, 1.54) is 6.07 Å². The smallest absolute Gasteiger partial charge is 0.343 e. The highest BCUT2D eigenvalue weighted by atomic mass is 19.1. The third-order valence-electron chi connectivity index (χ3n) is 2.12. The van der Waals surface area contributed by atoms with Crippen LogP contribution in [0.2, 0.25) is 0 Å². The van der Waals surface area contributed by atoms with Crippen molar-refractivity contribution >= 4 is 17.0 Å². The minimum absolute atomic E-state index is 0.128. The average molecular weight is 224 g/mol. The van der Waals surface area contributed by atoms with Crippen molar-refractivity contribution in [3.05, 3.63) is 34.0 Å². The highest BCUT2D eigenvalue weighted by Crippen LogP contribution is 2.18. The summed E-state index contributed by atoms with van der Waals surface area (Å²) >= 11 is 0. The minimum Gasteiger partial charge on any atom is -0.462 e. The highest BCUT2D eigenvalue weighted by Gasteiger charge is 2.18. The second-order valence-electron chi connectivity index (χ2n) is 3.14. The number of aromatic amines is 2. The molecule has 1 aromatic carbocycles. The van der Waals surface area contributed by atoms with Crippen molar-refractivity contribution in [2.75, 3.05) is 6.61 Å². The van der Waals surface area contributed by atoms with E-state index < -0.39 is 17.5 Å². The summed E-state index contributed by atoms with van der Waals surface area (Å²) in [6, 6.07) is 2.49. The zero-order valence-electron chi connectivity index (χ0n) is 8.46. The van der Waals surface area contributed by atoms with E-state index in [0.29, 0.717) is 5.52 Å². The van der Waals surface area contributed by atoms with Crippen LogP contribution in [-0.2, 0) is 4.74 Å². The van der Waals surface area contributed by atoms with Gasteiger partial charge >= 0.3 is 11.7 Å². The Hall–Kier alpha value is -2.11. The first-order valence-electron chi connectivity index (χ1n) is 4.71. The largest absolute Gasteiger partial charge is 0.462 e. The Morgan fingerprint density at radius 1 is 1.44 bits per heavy atom. The third-order valence-corrected chi connectivity index (χ3v) is 2.12. The molecule has 0 aliphatic heterocycles. The highest BCUT2D eigenvalue weighted by molar-refractivity contribution is 6.02. The predicted octanol–water partition coefficient (Wildman–Crippen LogP) is 1.17. The second kappa shape index (κ2) is 3.80. The standard InChI is InChI=1S/C10H9FN2O3/c1-2-16-9(14)7-5(11)3-4-6-8(7)13-10(15)12-6/h3-4H,2H2,1H3,(H2,12,13,15). The van der Waals surface area contributed by atoms with Gasteiger partial charge in [0.05, 0.1) is 17.6 Å². The number of hydrogen-bond acceptors (Lipinski definition) is 3. The van der Waals surface area contributed by atoms with Crippen LogP contribution < -0.4 is 5.69 Å². The fourth-order valence-electron chi connectivity index (χ4n) is 1.48. The lowest BCUT2D eigenvalue weighted by Crippen LogP contribution is -2.08. The van der Waals surface area contributed by atoms with Gasteiger partial charge in [-0.3, -0.25) is 0 Å². The van der Waals surface area contributed by atoms with Gasteiger partial charge in [0.25, 0.3) is 0 Å². The number of aromatic nitrogens is 2. The molecule has 84 valence electrons. The Bertz CT molecular complexity index is 600. The molecule has 1 heterocycles. The van der Waals surface area contributed by atoms with Crippen LogP contribution >= 0.6 is 0 Å². The van der Waals surface area contributed by atoms with Crippen molar-refractivity contribution in [2.45, 2.75) is 6.92 Å². The molecule has 0 saturated heterocycles. The van der Waals surface area contributed by atoms with E-state index in [1.807, 2.05) is 0 Å². The van der Waals surface area contributed by atoms with Crippen molar-refractivity contribution in [1.29, 1.82) is 0 Å². The van der Waals surface area contributed by atoms with Crippen LogP contribution in [0.5, 0.6) is 0 Å². The first kappa shape index (κ1) is 10.4. The van der Waals surface area contributed by atoms with Gasteiger partial charge in [0, 0.05) is 0 Å². The summed E-state index contributed by atoms with van der Waals surface area (Å²) in [5, 5.41) is 0. The molecule has 1 aromatic heterocycles. The van der Waals surface area contributed by atoms with Gasteiger partial charge in [-0.2, -0.15) is 0 Å². The lowest BCUT2D eigenvalue weighted by atomic mass is 10.2. The molecule has 2 rings (SSSR count). The normalized spacial score (nSPS) is 10.6. The van der Waals surface area contributed by atoms with Gasteiger partial charge < -0.3 is 14.7 Å². The summed E-state index contributed by atoms with van der Waals surface area (Å²) in [7, 11) is 0. The van der Waals surface area contributed by atoms with Crippen LogP contribution in [0.25, 0.3) is 11.0 Å². The average Bonchev–Trinajstić information content (AvgIpc) is 2.58. The lowest BCUT2D eigenvalue weighted by Gasteiger charge is -2.03. The van der Waals surface area contributed by atoms with Gasteiger partial charge in [-0.05, 0) is 19.1 Å². The first-order valence-corrected chi connectivity index (χ1v) is 4.71. The molecule has 16 heavy (non-hydrogen) atoms. The van der Waals surface area contributed by atoms with Crippen LogP contribution in [0.3, 0.4) is 0 Å². The quantitative estimate of drug-likeness (QED) is 0.752. The van der Waals surface area contributed by atoms with Gasteiger partial charge in [-0.25, -0.2) is 14.0 Å². The van der Waals surface area contributed by atoms with E-state index in [4.69, 9.17) is 4.74 Å². The molecule has 0 fully saturated rings. The van der Waals surface area contributed by atoms with Gasteiger partial charge in [0.15, 0.2) is 0 Å². The summed E-state index contributed by atoms with van der Waals surface area (Å²) in [6.07, 6.45) is 0. The lowest BCUT2D eigenvalue weighted by molar-refractivity contribution is 0.0523. The topological polar surface area (TPSA) is 75.0 Å². The van der Waals surface area contributed by atoms with E-state index >= 15 is 0 Å². The number of esters is 1. The maximum atomic E-state index is 13.5. The van der Waals surface area contributed by atoms with Crippen LogP contribution in [0.1, 0.15) is 17.3 Å². The van der Waals surface area contributed by atoms with Gasteiger partial charge in [-0.15, -0.1) is 0 Å². The maximum absolute atomic E-state index is 13.5. The zero-order valence-corrected chi connectivity index (χ0v) is 8.46. The number of imidazole rings is 1. The number of fused-ring (bicyclic) bond motifs is 1. The van der Waals surface area contributed by atoms with Crippen molar-refractivity contribution in [1.82, 2.24) is 9.97 Å². The van der Waals surface area contributed by atoms with Crippen molar-refractivity contribution in [3.8, 4) is 0 Å². The second-order valence-corrected chi connectivity index (χ2v) is 3.14. The first-order chi connectivity index (χ1) is 7.63. The monoisotopic (exact) mass is 224 g/mol. The van der Waals surface area contributed by atoms with E-state index in [9.17, 15) is 14.0 Å². The summed E-state index contributed by atoms with van der Waals surface area (Å²) in [5.41, 5.74) is -0.248. The van der Waals surface area contributed by atoms with Crippen LogP contribution in [0, 0.1) is 5.82 Å². The molecule has 2 N–H and O–H groups in total. The Balaban J connectivity index is 2.69. The fraction of sp³-hybridized carbons (Fsp3) is 0.200. The molecule has 0 aliphatic rings. The molecular formula is C10H9FN2O3. The van der Waals surface area contributed by atoms with Crippen LogP contribution in [0.4, 0.5) is 4.39 Å². The molecule has 0 atom stereocenters. The van der Waals surface area contributed by atoms with Gasteiger partial charge in [0.2, 0.25) is 0 Å². The molecule has 0 saturated carbocycles. The number of carbonyl (C=O) groups is 1. The number of halogens is 1. The summed E-state index contributed by atoms with van der Waals surface area (Å²) in [6.45, 7) is 1.76. The number of rotatable bonds is 2. The maximum Gasteiger partial charge on any atom is 0.343 e. The van der Waals surface area contributed by atoms with E-state index in [2.05, 4.69) is 9.97 Å². The molecule has 0 amide bonds. The molecule has 0 bridgehead atoms. The summed E-state index contributed by atoms with van der Waals surface area (Å²) in [5.74, 6) is -1.51. The SMILES string of the molecule is CCOC(=O)c1c(F)ccc2[nH]c(=O)[nH]c12. The van der Waals surface area contributed by atoms with Crippen LogP contribution in [-0.4, -0.2) is 22.5 Å². The fourth-order valence-corrected chi connectivity index (χ4v) is 1.48. The number of ether oxygens (including phenoxy) is 1. The van der Waals surface area contributed by atoms with Crippen LogP contribution in [0.15, 0.2) is 16.9 Å². The Morgan fingerprint density at radius 2 is 2.19 bits per heavy atom. The third kappa shape index (κ3) is 1.58. The van der Waals surface area contributed by atoms with E-state index in [-0.39, 0.29) is 17.7 Å². The number of H-pyrrole nitrogens is 2.